The van der Waals surface area contributed by atoms with Crippen LogP contribution in [0.25, 0.3) is 0 Å². The summed E-state index contributed by atoms with van der Waals surface area (Å²) in [4.78, 5) is 26.4. The van der Waals surface area contributed by atoms with Crippen LogP contribution < -0.4 is 10.2 Å². The third-order valence-electron chi connectivity index (χ3n) is 4.15. The molecule has 1 N–H and O–H groups in total. The number of nitrogens with zero attached hydrogens (tertiary/aromatic N) is 2. The van der Waals surface area contributed by atoms with Crippen molar-refractivity contribution < 1.29 is 18.0 Å². The molecule has 2 amide bonds. The second-order valence-electron chi connectivity index (χ2n) is 6.08. The molecule has 1 unspecified atom stereocenters. The lowest BCUT2D eigenvalue weighted by molar-refractivity contribution is -0.119. The van der Waals surface area contributed by atoms with E-state index in [4.69, 9.17) is 0 Å². The summed E-state index contributed by atoms with van der Waals surface area (Å²) in [7, 11) is -2.34. The first kappa shape index (κ1) is 18.6. The molecular weight excluding hydrogens is 374 g/mol. The van der Waals surface area contributed by atoms with Crippen molar-refractivity contribution in [3.63, 3.8) is 0 Å². The van der Waals surface area contributed by atoms with Crippen LogP contribution in [-0.2, 0) is 19.6 Å². The van der Waals surface area contributed by atoms with Gasteiger partial charge in [0.05, 0.1) is 17.9 Å². The van der Waals surface area contributed by atoms with E-state index in [1.807, 2.05) is 0 Å². The fourth-order valence-electron chi connectivity index (χ4n) is 2.88. The zero-order valence-electron chi connectivity index (χ0n) is 14.4. The van der Waals surface area contributed by atoms with Gasteiger partial charge in [-0.3, -0.25) is 9.59 Å². The quantitative estimate of drug-likeness (QED) is 0.862. The predicted octanol–water partition coefficient (Wildman–Crippen LogP) is 2.13. The normalized spacial score (nSPS) is 17.6. The predicted molar refractivity (Wildman–Crippen MR) is 101 cm³/mol. The number of para-hydroxylation sites is 2. The van der Waals surface area contributed by atoms with Crippen molar-refractivity contribution in [2.45, 2.75) is 23.6 Å². The second kappa shape index (κ2) is 7.18. The Morgan fingerprint density at radius 3 is 2.73 bits per heavy atom. The van der Waals surface area contributed by atoms with Crippen molar-refractivity contribution in [1.82, 2.24) is 4.31 Å². The Morgan fingerprint density at radius 2 is 2.04 bits per heavy atom. The molecule has 1 aliphatic rings. The van der Waals surface area contributed by atoms with E-state index in [1.54, 1.807) is 42.6 Å². The Morgan fingerprint density at radius 1 is 1.31 bits per heavy atom. The number of hydrogen-bond acceptors (Lipinski definition) is 5. The molecular formula is C17H19N3O4S2. The van der Waals surface area contributed by atoms with Crippen molar-refractivity contribution >= 4 is 44.5 Å². The number of thiophene rings is 1. The van der Waals surface area contributed by atoms with E-state index >= 15 is 0 Å². The first-order valence-corrected chi connectivity index (χ1v) is 10.3. The highest BCUT2D eigenvalue weighted by Crippen LogP contribution is 2.31. The molecule has 1 aromatic heterocycles. The van der Waals surface area contributed by atoms with Gasteiger partial charge in [0.1, 0.15) is 4.21 Å². The highest BCUT2D eigenvalue weighted by molar-refractivity contribution is 7.91. The number of fused-ring (bicyclic) bond motifs is 1. The molecule has 2 aromatic rings. The second-order valence-corrected chi connectivity index (χ2v) is 9.29. The average Bonchev–Trinajstić information content (AvgIpc) is 3.07. The van der Waals surface area contributed by atoms with Crippen LogP contribution in [0.4, 0.5) is 11.4 Å². The summed E-state index contributed by atoms with van der Waals surface area (Å²) in [5.41, 5.74) is 1.11. The van der Waals surface area contributed by atoms with Crippen LogP contribution >= 0.6 is 11.3 Å². The van der Waals surface area contributed by atoms with Crippen LogP contribution in [0.1, 0.15) is 13.3 Å². The van der Waals surface area contributed by atoms with E-state index in [1.165, 1.54) is 18.0 Å². The number of carbonyl (C=O) groups is 2. The Hall–Kier alpha value is -2.23. The summed E-state index contributed by atoms with van der Waals surface area (Å²) in [5, 5.41) is 4.45. The lowest BCUT2D eigenvalue weighted by atomic mass is 10.1. The molecule has 138 valence electrons. The minimum absolute atomic E-state index is 0.141. The van der Waals surface area contributed by atoms with E-state index in [2.05, 4.69) is 5.32 Å². The number of likely N-dealkylation sites (N-methyl/N-ethyl adjacent to an activating group) is 1. The number of sulfonamides is 1. The Kier molecular flexibility index (Phi) is 5.12. The number of anilines is 2. The van der Waals surface area contributed by atoms with Crippen molar-refractivity contribution in [2.75, 3.05) is 23.8 Å². The van der Waals surface area contributed by atoms with E-state index in [0.717, 1.165) is 15.6 Å². The molecule has 0 saturated heterocycles. The highest BCUT2D eigenvalue weighted by Gasteiger charge is 2.32. The fraction of sp³-hybridized carbons (Fsp3) is 0.294. The molecule has 0 spiro atoms. The minimum Gasteiger partial charge on any atom is -0.324 e. The third kappa shape index (κ3) is 3.50. The first-order chi connectivity index (χ1) is 12.3. The van der Waals surface area contributed by atoms with Crippen LogP contribution in [0, 0.1) is 0 Å². The van der Waals surface area contributed by atoms with E-state index in [0.29, 0.717) is 11.4 Å². The summed E-state index contributed by atoms with van der Waals surface area (Å²) in [5.74, 6) is -0.566. The minimum atomic E-state index is -3.72. The Balaban J connectivity index is 1.88. The molecule has 0 radical (unpaired) electrons. The summed E-state index contributed by atoms with van der Waals surface area (Å²) in [6.45, 7) is 1.46. The van der Waals surface area contributed by atoms with Gasteiger partial charge in [0.15, 0.2) is 0 Å². The molecule has 1 aromatic carbocycles. The van der Waals surface area contributed by atoms with Gasteiger partial charge in [0.2, 0.25) is 11.8 Å². The molecule has 9 heteroatoms. The lowest BCUT2D eigenvalue weighted by Gasteiger charge is -2.29. The Bertz CT molecular complexity index is 925. The smallest absolute Gasteiger partial charge is 0.252 e. The number of nitrogens with one attached hydrogen (secondary N) is 1. The van der Waals surface area contributed by atoms with Crippen molar-refractivity contribution in [3.8, 4) is 0 Å². The third-order valence-corrected chi connectivity index (χ3v) is 7.32. The SMILES string of the molecule is CC1CC(=O)Nc2ccccc2N1C(=O)CN(C)S(=O)(=O)c1cccs1. The topological polar surface area (TPSA) is 86.8 Å². The molecule has 7 nitrogen and oxygen atoms in total. The highest BCUT2D eigenvalue weighted by atomic mass is 32.2. The maximum Gasteiger partial charge on any atom is 0.252 e. The molecule has 0 saturated carbocycles. The lowest BCUT2D eigenvalue weighted by Crippen LogP contribution is -2.45. The van der Waals surface area contributed by atoms with Gasteiger partial charge in [-0.1, -0.05) is 18.2 Å². The molecule has 1 atom stereocenters. The summed E-state index contributed by atoms with van der Waals surface area (Å²) in [6.07, 6.45) is 0.141. The van der Waals surface area contributed by atoms with Crippen LogP contribution in [0.15, 0.2) is 46.0 Å². The average molecular weight is 393 g/mol. The van der Waals surface area contributed by atoms with Crippen molar-refractivity contribution in [2.24, 2.45) is 0 Å². The number of benzene rings is 1. The summed E-state index contributed by atoms with van der Waals surface area (Å²) in [6, 6.07) is 9.77. The number of carbonyl (C=O) groups excluding carboxylic acids is 2. The summed E-state index contributed by atoms with van der Waals surface area (Å²) >= 11 is 1.10. The van der Waals surface area contributed by atoms with E-state index < -0.39 is 10.0 Å². The molecule has 2 heterocycles. The zero-order chi connectivity index (χ0) is 18.9. The molecule has 26 heavy (non-hydrogen) atoms. The Labute approximate surface area is 156 Å². The van der Waals surface area contributed by atoms with Crippen LogP contribution in [0.2, 0.25) is 0 Å². The first-order valence-electron chi connectivity index (χ1n) is 8.01. The standard InChI is InChI=1S/C17H19N3O4S2/c1-12-10-15(21)18-13-6-3-4-7-14(13)20(12)16(22)11-19(2)26(23,24)17-8-5-9-25-17/h3-9,12H,10-11H2,1-2H3,(H,18,21). The molecule has 3 rings (SSSR count). The fourth-order valence-corrected chi connectivity index (χ4v) is 5.20. The van der Waals surface area contributed by atoms with Gasteiger partial charge in [-0.15, -0.1) is 11.3 Å². The van der Waals surface area contributed by atoms with Gasteiger partial charge in [0, 0.05) is 19.5 Å². The molecule has 0 aliphatic carbocycles. The monoisotopic (exact) mass is 393 g/mol. The number of amides is 2. The maximum atomic E-state index is 12.9. The number of rotatable bonds is 4. The van der Waals surface area contributed by atoms with Gasteiger partial charge < -0.3 is 10.2 Å². The zero-order valence-corrected chi connectivity index (χ0v) is 16.0. The van der Waals surface area contributed by atoms with Gasteiger partial charge in [-0.25, -0.2) is 8.42 Å². The van der Waals surface area contributed by atoms with Gasteiger partial charge in [0.25, 0.3) is 10.0 Å². The molecule has 0 bridgehead atoms. The molecule has 1 aliphatic heterocycles. The van der Waals surface area contributed by atoms with Gasteiger partial charge >= 0.3 is 0 Å². The molecule has 0 fully saturated rings. The number of hydrogen-bond donors (Lipinski definition) is 1. The largest absolute Gasteiger partial charge is 0.324 e. The summed E-state index contributed by atoms with van der Waals surface area (Å²) < 4.78 is 26.3. The van der Waals surface area contributed by atoms with E-state index in [9.17, 15) is 18.0 Å². The van der Waals surface area contributed by atoms with Crippen LogP contribution in [0.3, 0.4) is 0 Å². The van der Waals surface area contributed by atoms with Crippen molar-refractivity contribution in [1.29, 1.82) is 0 Å². The van der Waals surface area contributed by atoms with Crippen LogP contribution in [0.5, 0.6) is 0 Å². The van der Waals surface area contributed by atoms with E-state index in [-0.39, 0.29) is 35.0 Å². The maximum absolute atomic E-state index is 12.9. The van der Waals surface area contributed by atoms with Gasteiger partial charge in [-0.05, 0) is 30.5 Å². The van der Waals surface area contributed by atoms with Gasteiger partial charge in [-0.2, -0.15) is 4.31 Å². The van der Waals surface area contributed by atoms with Crippen molar-refractivity contribution in [3.05, 3.63) is 41.8 Å². The van der Waals surface area contributed by atoms with Crippen LogP contribution in [-0.4, -0.2) is 44.2 Å².